The van der Waals surface area contributed by atoms with Crippen LogP contribution >= 0.6 is 0 Å². The molecule has 0 saturated carbocycles. The van der Waals surface area contributed by atoms with E-state index in [4.69, 9.17) is 9.47 Å². The minimum absolute atomic E-state index is 0.00238. The van der Waals surface area contributed by atoms with Crippen LogP contribution in [0.25, 0.3) is 0 Å². The molecule has 0 bridgehead atoms. The summed E-state index contributed by atoms with van der Waals surface area (Å²) in [6.07, 6.45) is 5.89. The Bertz CT molecular complexity index is 305. The molecular weight excluding hydrogens is 272 g/mol. The van der Waals surface area contributed by atoms with Crippen LogP contribution < -0.4 is 10.6 Å². The van der Waals surface area contributed by atoms with E-state index in [0.717, 1.165) is 38.9 Å². The molecule has 0 aromatic carbocycles. The molecule has 0 aromatic rings. The summed E-state index contributed by atoms with van der Waals surface area (Å²) in [6.45, 7) is 2.77. The molecule has 2 rings (SSSR count). The lowest BCUT2D eigenvalue weighted by Gasteiger charge is -2.11. The van der Waals surface area contributed by atoms with Gasteiger partial charge in [-0.15, -0.1) is 0 Å². The van der Waals surface area contributed by atoms with Gasteiger partial charge in [-0.25, -0.2) is 0 Å². The molecule has 2 aliphatic rings. The van der Waals surface area contributed by atoms with Crippen molar-refractivity contribution in [3.8, 4) is 0 Å². The second-order valence-electron chi connectivity index (χ2n) is 5.73. The Kier molecular flexibility index (Phi) is 6.95. The number of nitrogens with one attached hydrogen (secondary N) is 2. The molecule has 2 heterocycles. The fourth-order valence-electron chi connectivity index (χ4n) is 2.65. The summed E-state index contributed by atoms with van der Waals surface area (Å²) in [6, 6.07) is 0. The van der Waals surface area contributed by atoms with Gasteiger partial charge in [0.25, 0.3) is 0 Å². The van der Waals surface area contributed by atoms with Gasteiger partial charge in [0.15, 0.2) is 0 Å². The molecule has 0 spiro atoms. The quantitative estimate of drug-likeness (QED) is 0.693. The average molecular weight is 298 g/mol. The SMILES string of the molecule is O=C(CCCC(=O)NC[C@@H]1CCCO1)NC[C@H]1CCCO1. The molecule has 2 atom stereocenters. The Labute approximate surface area is 125 Å². The van der Waals surface area contributed by atoms with E-state index in [1.165, 1.54) is 0 Å². The summed E-state index contributed by atoms with van der Waals surface area (Å²) in [7, 11) is 0. The van der Waals surface area contributed by atoms with E-state index in [1.54, 1.807) is 0 Å². The molecule has 120 valence electrons. The van der Waals surface area contributed by atoms with Gasteiger partial charge in [0.1, 0.15) is 0 Å². The predicted octanol–water partition coefficient (Wildman–Crippen LogP) is 0.747. The van der Waals surface area contributed by atoms with E-state index in [1.807, 2.05) is 0 Å². The number of carbonyl (C=O) groups is 2. The van der Waals surface area contributed by atoms with Gasteiger partial charge in [-0.3, -0.25) is 9.59 Å². The van der Waals surface area contributed by atoms with Crippen molar-refractivity contribution in [2.45, 2.75) is 57.2 Å². The predicted molar refractivity (Wildman–Crippen MR) is 77.8 cm³/mol. The van der Waals surface area contributed by atoms with E-state index in [-0.39, 0.29) is 24.0 Å². The molecule has 2 saturated heterocycles. The zero-order chi connectivity index (χ0) is 14.9. The highest BCUT2D eigenvalue weighted by molar-refractivity contribution is 5.78. The lowest BCUT2D eigenvalue weighted by Crippen LogP contribution is -2.33. The number of hydrogen-bond acceptors (Lipinski definition) is 4. The van der Waals surface area contributed by atoms with E-state index in [9.17, 15) is 9.59 Å². The molecule has 0 unspecified atom stereocenters. The third-order valence-electron chi connectivity index (χ3n) is 3.91. The van der Waals surface area contributed by atoms with E-state index >= 15 is 0 Å². The van der Waals surface area contributed by atoms with Crippen LogP contribution in [0.1, 0.15) is 44.9 Å². The molecule has 2 fully saturated rings. The zero-order valence-corrected chi connectivity index (χ0v) is 12.6. The van der Waals surface area contributed by atoms with Crippen molar-refractivity contribution in [1.29, 1.82) is 0 Å². The molecule has 21 heavy (non-hydrogen) atoms. The van der Waals surface area contributed by atoms with Gasteiger partial charge >= 0.3 is 0 Å². The number of rotatable bonds is 8. The van der Waals surface area contributed by atoms with Gasteiger partial charge < -0.3 is 20.1 Å². The second-order valence-corrected chi connectivity index (χ2v) is 5.73. The highest BCUT2D eigenvalue weighted by Crippen LogP contribution is 2.11. The minimum atomic E-state index is -0.00238. The van der Waals surface area contributed by atoms with Gasteiger partial charge in [0, 0.05) is 39.1 Å². The van der Waals surface area contributed by atoms with Crippen molar-refractivity contribution in [3.63, 3.8) is 0 Å². The smallest absolute Gasteiger partial charge is 0.220 e. The maximum Gasteiger partial charge on any atom is 0.220 e. The van der Waals surface area contributed by atoms with Crippen molar-refractivity contribution in [2.24, 2.45) is 0 Å². The van der Waals surface area contributed by atoms with E-state index in [0.29, 0.717) is 32.4 Å². The van der Waals surface area contributed by atoms with Crippen molar-refractivity contribution >= 4 is 11.8 Å². The number of amides is 2. The van der Waals surface area contributed by atoms with E-state index < -0.39 is 0 Å². The van der Waals surface area contributed by atoms with Gasteiger partial charge in [0.2, 0.25) is 11.8 Å². The minimum Gasteiger partial charge on any atom is -0.376 e. The van der Waals surface area contributed by atoms with Crippen LogP contribution in [0.2, 0.25) is 0 Å². The number of ether oxygens (including phenoxy) is 2. The molecule has 2 amide bonds. The summed E-state index contributed by atoms with van der Waals surface area (Å²) >= 11 is 0. The molecule has 6 nitrogen and oxygen atoms in total. The average Bonchev–Trinajstić information content (AvgIpc) is 3.16. The Morgan fingerprint density at radius 3 is 1.71 bits per heavy atom. The lowest BCUT2D eigenvalue weighted by molar-refractivity contribution is -0.123. The molecule has 0 radical (unpaired) electrons. The maximum absolute atomic E-state index is 11.6. The van der Waals surface area contributed by atoms with Crippen LogP contribution in [0.15, 0.2) is 0 Å². The van der Waals surface area contributed by atoms with E-state index in [2.05, 4.69) is 10.6 Å². The Hall–Kier alpha value is -1.14. The molecule has 6 heteroatoms. The largest absolute Gasteiger partial charge is 0.376 e. The molecule has 2 N–H and O–H groups in total. The van der Waals surface area contributed by atoms with Crippen LogP contribution in [-0.2, 0) is 19.1 Å². The summed E-state index contributed by atoms with van der Waals surface area (Å²) in [5.41, 5.74) is 0. The van der Waals surface area contributed by atoms with Gasteiger partial charge in [0.05, 0.1) is 12.2 Å². The van der Waals surface area contributed by atoms with Gasteiger partial charge in [-0.05, 0) is 32.1 Å². The van der Waals surface area contributed by atoms with Gasteiger partial charge in [-0.2, -0.15) is 0 Å². The number of hydrogen-bond donors (Lipinski definition) is 2. The molecule has 0 aromatic heterocycles. The van der Waals surface area contributed by atoms with Crippen LogP contribution in [0.5, 0.6) is 0 Å². The zero-order valence-electron chi connectivity index (χ0n) is 12.6. The number of carbonyl (C=O) groups excluding carboxylic acids is 2. The summed E-state index contributed by atoms with van der Waals surface area (Å²) in [5.74, 6) is -0.00477. The first kappa shape index (κ1) is 16.2. The van der Waals surface area contributed by atoms with Crippen LogP contribution in [0.3, 0.4) is 0 Å². The Balaban J connectivity index is 1.45. The summed E-state index contributed by atoms with van der Waals surface area (Å²) in [4.78, 5) is 23.3. The topological polar surface area (TPSA) is 76.7 Å². The maximum atomic E-state index is 11.6. The third kappa shape index (κ3) is 6.44. The Morgan fingerprint density at radius 2 is 1.33 bits per heavy atom. The highest BCUT2D eigenvalue weighted by atomic mass is 16.5. The van der Waals surface area contributed by atoms with Crippen molar-refractivity contribution in [2.75, 3.05) is 26.3 Å². The van der Waals surface area contributed by atoms with Crippen LogP contribution in [-0.4, -0.2) is 50.3 Å². The first-order valence-corrected chi connectivity index (χ1v) is 8.00. The summed E-state index contributed by atoms with van der Waals surface area (Å²) < 4.78 is 10.9. The Morgan fingerprint density at radius 1 is 0.857 bits per heavy atom. The highest BCUT2D eigenvalue weighted by Gasteiger charge is 2.17. The monoisotopic (exact) mass is 298 g/mol. The molecular formula is C15H26N2O4. The van der Waals surface area contributed by atoms with Crippen LogP contribution in [0.4, 0.5) is 0 Å². The fraction of sp³-hybridized carbons (Fsp3) is 0.867. The first-order valence-electron chi connectivity index (χ1n) is 8.00. The standard InChI is InChI=1S/C15H26N2O4/c18-14(16-10-12-4-2-8-20-12)6-1-7-15(19)17-11-13-5-3-9-21-13/h12-13H,1-11H2,(H,16,18)(H,17,19)/t12-,13+. The third-order valence-corrected chi connectivity index (χ3v) is 3.91. The van der Waals surface area contributed by atoms with Crippen molar-refractivity contribution in [1.82, 2.24) is 10.6 Å². The van der Waals surface area contributed by atoms with Crippen LogP contribution in [0, 0.1) is 0 Å². The normalized spacial score (nSPS) is 25.0. The van der Waals surface area contributed by atoms with Gasteiger partial charge in [-0.1, -0.05) is 0 Å². The molecule has 2 aliphatic heterocycles. The first-order chi connectivity index (χ1) is 10.2. The second kappa shape index (κ2) is 9.00. The fourth-order valence-corrected chi connectivity index (χ4v) is 2.65. The summed E-state index contributed by atoms with van der Waals surface area (Å²) in [5, 5.41) is 5.72. The van der Waals surface area contributed by atoms with Crippen molar-refractivity contribution in [3.05, 3.63) is 0 Å². The van der Waals surface area contributed by atoms with Crippen molar-refractivity contribution < 1.29 is 19.1 Å². The lowest BCUT2D eigenvalue weighted by atomic mass is 10.2. The molecule has 0 aliphatic carbocycles.